The van der Waals surface area contributed by atoms with Gasteiger partial charge in [-0.2, -0.15) is 0 Å². The Labute approximate surface area is 158 Å². The van der Waals surface area contributed by atoms with Crippen LogP contribution in [0.1, 0.15) is 47.1 Å². The molecule has 2 N–H and O–H groups in total. The number of rotatable bonds is 5. The first-order valence-electron chi connectivity index (χ1n) is 8.48. The Hall–Kier alpha value is -2.47. The van der Waals surface area contributed by atoms with E-state index in [2.05, 4.69) is 55.1 Å². The van der Waals surface area contributed by atoms with E-state index < -0.39 is 0 Å². The van der Waals surface area contributed by atoms with Gasteiger partial charge < -0.3 is 10.0 Å². The molecule has 1 aliphatic rings. The topological polar surface area (TPSA) is 61.4 Å². The summed E-state index contributed by atoms with van der Waals surface area (Å²) in [5.74, 6) is -0.492. The van der Waals surface area contributed by atoms with Crippen LogP contribution in [0.15, 0.2) is 42.5 Å². The van der Waals surface area contributed by atoms with Gasteiger partial charge in [0.05, 0.1) is 11.1 Å². The van der Waals surface area contributed by atoms with E-state index >= 15 is 0 Å². The molecule has 0 aliphatic carbocycles. The van der Waals surface area contributed by atoms with Crippen molar-refractivity contribution in [3.05, 3.63) is 59.2 Å². The molecule has 0 spiro atoms. The Morgan fingerprint density at radius 2 is 1.54 bits per heavy atom. The third kappa shape index (κ3) is 4.02. The maximum Gasteiger partial charge on any atom is 0.261 e. The molecule has 0 radical (unpaired) electrons. The van der Waals surface area contributed by atoms with Gasteiger partial charge in [-0.1, -0.05) is 12.1 Å². The van der Waals surface area contributed by atoms with E-state index in [-0.39, 0.29) is 16.6 Å². The van der Waals surface area contributed by atoms with Crippen LogP contribution in [0.4, 0.5) is 11.4 Å². The van der Waals surface area contributed by atoms with Crippen molar-refractivity contribution < 1.29 is 9.59 Å². The lowest BCUT2D eigenvalue weighted by Crippen LogP contribution is -2.24. The highest BCUT2D eigenvalue weighted by Crippen LogP contribution is 2.26. The summed E-state index contributed by atoms with van der Waals surface area (Å²) in [5.41, 5.74) is 3.96. The molecule has 0 unspecified atom stereocenters. The molecule has 2 amide bonds. The minimum absolute atomic E-state index is 0.153. The number of benzene rings is 2. The lowest BCUT2D eigenvalue weighted by atomic mass is 10.1. The molecule has 1 heterocycles. The molecular formula is C20H23N3O2S. The highest BCUT2D eigenvalue weighted by atomic mass is 32.2. The third-order valence-corrected chi connectivity index (χ3v) is 4.97. The Morgan fingerprint density at radius 3 is 2.19 bits per heavy atom. The molecule has 136 valence electrons. The largest absolute Gasteiger partial charge is 0.381 e. The van der Waals surface area contributed by atoms with Crippen LogP contribution in [0.2, 0.25) is 0 Å². The predicted molar refractivity (Wildman–Crippen MR) is 108 cm³/mol. The molecule has 3 rings (SSSR count). The van der Waals surface area contributed by atoms with Crippen LogP contribution in [0.25, 0.3) is 0 Å². The van der Waals surface area contributed by atoms with Gasteiger partial charge in [-0.25, -0.2) is 0 Å². The summed E-state index contributed by atoms with van der Waals surface area (Å²) in [6.07, 6.45) is 0. The first-order chi connectivity index (χ1) is 12.2. The smallest absolute Gasteiger partial charge is 0.261 e. The molecule has 0 aromatic heterocycles. The first-order valence-corrected chi connectivity index (χ1v) is 9.29. The van der Waals surface area contributed by atoms with E-state index in [9.17, 15) is 9.59 Å². The van der Waals surface area contributed by atoms with Gasteiger partial charge in [0, 0.05) is 29.7 Å². The Kier molecular flexibility index (Phi) is 4.96. The van der Waals surface area contributed by atoms with Crippen LogP contribution in [0, 0.1) is 0 Å². The zero-order chi connectivity index (χ0) is 18.9. The molecule has 2 aromatic rings. The average molecular weight is 369 g/mol. The van der Waals surface area contributed by atoms with Crippen LogP contribution in [-0.2, 0) is 6.54 Å². The number of fused-ring (bicyclic) bond motifs is 1. The molecule has 0 saturated carbocycles. The second kappa shape index (κ2) is 7.03. The highest BCUT2D eigenvalue weighted by Gasteiger charge is 2.32. The lowest BCUT2D eigenvalue weighted by Gasteiger charge is -2.18. The van der Waals surface area contributed by atoms with Crippen LogP contribution < -0.4 is 10.0 Å². The number of carbonyl (C=O) groups excluding carboxylic acids is 2. The lowest BCUT2D eigenvalue weighted by molar-refractivity contribution is 0.0693. The molecule has 0 atom stereocenters. The summed E-state index contributed by atoms with van der Waals surface area (Å²) in [7, 11) is 1.51. The quantitative estimate of drug-likeness (QED) is 0.605. The van der Waals surface area contributed by atoms with Gasteiger partial charge in [-0.05, 0) is 68.6 Å². The van der Waals surface area contributed by atoms with E-state index in [4.69, 9.17) is 0 Å². The minimum Gasteiger partial charge on any atom is -0.381 e. The summed E-state index contributed by atoms with van der Waals surface area (Å²) in [4.78, 5) is 25.1. The van der Waals surface area contributed by atoms with Gasteiger partial charge in [0.2, 0.25) is 0 Å². The maximum atomic E-state index is 12.1. The van der Waals surface area contributed by atoms with Gasteiger partial charge >= 0.3 is 0 Å². The molecule has 26 heavy (non-hydrogen) atoms. The van der Waals surface area contributed by atoms with Crippen molar-refractivity contribution in [2.75, 3.05) is 17.1 Å². The van der Waals surface area contributed by atoms with E-state index in [0.29, 0.717) is 17.7 Å². The third-order valence-electron chi connectivity index (χ3n) is 4.02. The number of hydrogen-bond donors (Lipinski definition) is 2. The molecule has 1 aliphatic heterocycles. The van der Waals surface area contributed by atoms with Crippen molar-refractivity contribution in [2.24, 2.45) is 0 Å². The Morgan fingerprint density at radius 1 is 0.923 bits per heavy atom. The summed E-state index contributed by atoms with van der Waals surface area (Å²) in [5, 5.41) is 3.31. The molecule has 0 saturated heterocycles. The fraction of sp³-hybridized carbons (Fsp3) is 0.300. The minimum atomic E-state index is -0.250. The Bertz CT molecular complexity index is 841. The predicted octanol–water partition coefficient (Wildman–Crippen LogP) is 4.38. The second-order valence-corrected chi connectivity index (χ2v) is 8.93. The Balaban J connectivity index is 1.62. The zero-order valence-electron chi connectivity index (χ0n) is 15.4. The number of nitrogens with zero attached hydrogens (tertiary/aromatic N) is 1. The summed E-state index contributed by atoms with van der Waals surface area (Å²) in [6.45, 7) is 7.13. The van der Waals surface area contributed by atoms with Crippen molar-refractivity contribution in [2.45, 2.75) is 32.1 Å². The van der Waals surface area contributed by atoms with E-state index in [0.717, 1.165) is 21.8 Å². The van der Waals surface area contributed by atoms with Crippen molar-refractivity contribution >= 4 is 35.1 Å². The summed E-state index contributed by atoms with van der Waals surface area (Å²) < 4.78 is 3.50. The van der Waals surface area contributed by atoms with E-state index in [1.54, 1.807) is 24.1 Å². The van der Waals surface area contributed by atoms with Crippen molar-refractivity contribution in [1.29, 1.82) is 0 Å². The van der Waals surface area contributed by atoms with Gasteiger partial charge in [-0.3, -0.25) is 14.5 Å². The first kappa shape index (κ1) is 18.3. The van der Waals surface area contributed by atoms with Crippen LogP contribution in [-0.4, -0.2) is 28.5 Å². The number of nitrogens with one attached hydrogen (secondary N) is 2. The number of hydrogen-bond acceptors (Lipinski definition) is 5. The molecule has 5 nitrogen and oxygen atoms in total. The van der Waals surface area contributed by atoms with Crippen LogP contribution in [0.3, 0.4) is 0 Å². The fourth-order valence-corrected chi connectivity index (χ4v) is 3.14. The van der Waals surface area contributed by atoms with Gasteiger partial charge in [0.1, 0.15) is 0 Å². The molecule has 2 aromatic carbocycles. The monoisotopic (exact) mass is 369 g/mol. The number of imide groups is 1. The number of anilines is 2. The van der Waals surface area contributed by atoms with E-state index in [1.165, 1.54) is 7.05 Å². The highest BCUT2D eigenvalue weighted by molar-refractivity contribution is 8.01. The van der Waals surface area contributed by atoms with Crippen molar-refractivity contribution in [3.63, 3.8) is 0 Å². The van der Waals surface area contributed by atoms with Gasteiger partial charge in [0.15, 0.2) is 0 Å². The summed E-state index contributed by atoms with van der Waals surface area (Å²) >= 11 is 1.69. The number of carbonyl (C=O) groups is 2. The van der Waals surface area contributed by atoms with Crippen molar-refractivity contribution in [3.8, 4) is 0 Å². The summed E-state index contributed by atoms with van der Waals surface area (Å²) in [6, 6.07) is 13.5. The SMILES string of the molecule is CN1C(=O)c2ccc(NCc3ccc(NSC(C)(C)C)cc3)cc2C1=O. The van der Waals surface area contributed by atoms with Gasteiger partial charge in [-0.15, -0.1) is 0 Å². The normalized spacial score (nSPS) is 13.8. The average Bonchev–Trinajstić information content (AvgIpc) is 2.82. The van der Waals surface area contributed by atoms with Crippen molar-refractivity contribution in [1.82, 2.24) is 4.90 Å². The molecule has 6 heteroatoms. The second-order valence-electron chi connectivity index (χ2n) is 7.30. The zero-order valence-corrected chi connectivity index (χ0v) is 16.2. The standard InChI is InChI=1S/C20H23N3O2S/c1-20(2,3)26-22-14-7-5-13(6-8-14)12-21-15-9-10-16-17(11-15)19(25)23(4)18(16)24/h5-11,21-22H,12H2,1-4H3. The van der Waals surface area contributed by atoms with Crippen LogP contribution in [0.5, 0.6) is 0 Å². The fourth-order valence-electron chi connectivity index (χ4n) is 2.58. The van der Waals surface area contributed by atoms with Crippen LogP contribution >= 0.6 is 11.9 Å². The maximum absolute atomic E-state index is 12.1. The van der Waals surface area contributed by atoms with E-state index in [1.807, 2.05) is 6.07 Å². The number of amides is 2. The molecular weight excluding hydrogens is 346 g/mol. The molecule has 0 fully saturated rings. The van der Waals surface area contributed by atoms with Gasteiger partial charge in [0.25, 0.3) is 11.8 Å². The molecule has 0 bridgehead atoms.